The number of carbonyl (C=O) groups excluding carboxylic acids is 1. The van der Waals surface area contributed by atoms with E-state index < -0.39 is 12.0 Å². The number of hydrogen-bond donors (Lipinski definition) is 2. The van der Waals surface area contributed by atoms with Gasteiger partial charge < -0.3 is 9.84 Å². The number of carbonyl (C=O) groups is 2. The van der Waals surface area contributed by atoms with E-state index >= 15 is 0 Å². The fourth-order valence-corrected chi connectivity index (χ4v) is 2.43. The lowest BCUT2D eigenvalue weighted by molar-refractivity contribution is -0.144. The quantitative estimate of drug-likeness (QED) is 0.740. The Morgan fingerprint density at radius 1 is 1.56 bits per heavy atom. The Bertz CT molecular complexity index is 391. The van der Waals surface area contributed by atoms with Gasteiger partial charge in [0.25, 0.3) is 0 Å². The molecular weight excluding hydrogens is 254 g/mol. The monoisotopic (exact) mass is 271 g/mol. The number of methoxy groups -OCH3 is 1. The Balaban J connectivity index is 2.77. The van der Waals surface area contributed by atoms with Crippen LogP contribution in [0.4, 0.5) is 0 Å². The smallest absolute Gasteiger partial charge is 0.322 e. The van der Waals surface area contributed by atoms with E-state index in [-0.39, 0.29) is 18.4 Å². The third-order valence-electron chi connectivity index (χ3n) is 2.56. The molecule has 6 heteroatoms. The van der Waals surface area contributed by atoms with Gasteiger partial charge in [0.15, 0.2) is 0 Å². The number of thiophene rings is 1. The molecule has 0 saturated carbocycles. The van der Waals surface area contributed by atoms with Crippen LogP contribution in [0.5, 0.6) is 0 Å². The Hall–Kier alpha value is -1.40. The summed E-state index contributed by atoms with van der Waals surface area (Å²) in [5.41, 5.74) is 0. The second-order valence-electron chi connectivity index (χ2n) is 3.82. The first-order chi connectivity index (χ1) is 8.58. The van der Waals surface area contributed by atoms with Crippen molar-refractivity contribution in [3.8, 4) is 0 Å². The lowest BCUT2D eigenvalue weighted by atomic mass is 10.1. The Morgan fingerprint density at radius 3 is 2.72 bits per heavy atom. The molecule has 1 rings (SSSR count). The standard InChI is InChI=1S/C12H17NO4S/c1-3-8(12(16)17-2)13-9(7-11(14)15)10-5-4-6-18-10/h4-6,8-9,13H,3,7H2,1-2H3,(H,14,15). The maximum Gasteiger partial charge on any atom is 0.322 e. The fourth-order valence-electron chi connectivity index (χ4n) is 1.64. The molecule has 0 saturated heterocycles. The summed E-state index contributed by atoms with van der Waals surface area (Å²) in [4.78, 5) is 23.3. The summed E-state index contributed by atoms with van der Waals surface area (Å²) in [5, 5.41) is 13.8. The van der Waals surface area contributed by atoms with Crippen molar-refractivity contribution >= 4 is 23.3 Å². The van der Waals surface area contributed by atoms with Crippen LogP contribution in [0.2, 0.25) is 0 Å². The van der Waals surface area contributed by atoms with Crippen LogP contribution >= 0.6 is 11.3 Å². The molecule has 100 valence electrons. The largest absolute Gasteiger partial charge is 0.481 e. The Morgan fingerprint density at radius 2 is 2.28 bits per heavy atom. The van der Waals surface area contributed by atoms with E-state index in [1.807, 2.05) is 24.4 Å². The summed E-state index contributed by atoms with van der Waals surface area (Å²) in [7, 11) is 1.32. The van der Waals surface area contributed by atoms with E-state index in [0.717, 1.165) is 4.88 Å². The summed E-state index contributed by atoms with van der Waals surface area (Å²) in [5.74, 6) is -1.27. The van der Waals surface area contributed by atoms with Gasteiger partial charge in [-0.3, -0.25) is 14.9 Å². The zero-order valence-electron chi connectivity index (χ0n) is 10.4. The first-order valence-corrected chi connectivity index (χ1v) is 6.55. The van der Waals surface area contributed by atoms with Gasteiger partial charge in [-0.15, -0.1) is 11.3 Å². The second kappa shape index (κ2) is 7.13. The van der Waals surface area contributed by atoms with Crippen molar-refractivity contribution in [2.75, 3.05) is 7.11 Å². The van der Waals surface area contributed by atoms with E-state index in [9.17, 15) is 9.59 Å². The van der Waals surface area contributed by atoms with Gasteiger partial charge in [-0.2, -0.15) is 0 Å². The third kappa shape index (κ3) is 4.12. The first-order valence-electron chi connectivity index (χ1n) is 5.67. The number of aliphatic carboxylic acids is 1. The Kier molecular flexibility index (Phi) is 5.80. The predicted octanol–water partition coefficient (Wildman–Crippen LogP) is 1.81. The van der Waals surface area contributed by atoms with E-state index in [1.54, 1.807) is 0 Å². The van der Waals surface area contributed by atoms with E-state index in [4.69, 9.17) is 5.11 Å². The van der Waals surface area contributed by atoms with Crippen LogP contribution in [0.25, 0.3) is 0 Å². The summed E-state index contributed by atoms with van der Waals surface area (Å²) < 4.78 is 4.68. The zero-order chi connectivity index (χ0) is 13.5. The molecule has 0 aliphatic heterocycles. The summed E-state index contributed by atoms with van der Waals surface area (Å²) in [6.07, 6.45) is 0.488. The lowest BCUT2D eigenvalue weighted by Crippen LogP contribution is -2.40. The fraction of sp³-hybridized carbons (Fsp3) is 0.500. The number of rotatable bonds is 7. The minimum absolute atomic E-state index is 0.0615. The molecule has 2 unspecified atom stereocenters. The van der Waals surface area contributed by atoms with Gasteiger partial charge in [-0.05, 0) is 17.9 Å². The number of hydrogen-bond acceptors (Lipinski definition) is 5. The highest BCUT2D eigenvalue weighted by molar-refractivity contribution is 7.10. The van der Waals surface area contributed by atoms with E-state index in [2.05, 4.69) is 10.1 Å². The number of nitrogens with one attached hydrogen (secondary N) is 1. The minimum atomic E-state index is -0.902. The summed E-state index contributed by atoms with van der Waals surface area (Å²) in [6.45, 7) is 1.85. The maximum absolute atomic E-state index is 11.5. The lowest BCUT2D eigenvalue weighted by Gasteiger charge is -2.21. The van der Waals surface area contributed by atoms with Crippen molar-refractivity contribution < 1.29 is 19.4 Å². The SMILES string of the molecule is CCC(NC(CC(=O)O)c1cccs1)C(=O)OC. The van der Waals surface area contributed by atoms with E-state index in [1.165, 1.54) is 18.4 Å². The number of carboxylic acids is 1. The van der Waals surface area contributed by atoms with Crippen molar-refractivity contribution in [3.05, 3.63) is 22.4 Å². The molecule has 18 heavy (non-hydrogen) atoms. The van der Waals surface area contributed by atoms with Crippen LogP contribution < -0.4 is 5.32 Å². The van der Waals surface area contributed by atoms with Crippen molar-refractivity contribution in [1.82, 2.24) is 5.32 Å². The molecule has 2 N–H and O–H groups in total. The molecular formula is C12H17NO4S. The molecule has 5 nitrogen and oxygen atoms in total. The van der Waals surface area contributed by atoms with Gasteiger partial charge in [0.1, 0.15) is 6.04 Å². The van der Waals surface area contributed by atoms with Crippen molar-refractivity contribution in [3.63, 3.8) is 0 Å². The van der Waals surface area contributed by atoms with Crippen LogP contribution in [-0.4, -0.2) is 30.2 Å². The molecule has 1 aromatic heterocycles. The highest BCUT2D eigenvalue weighted by atomic mass is 32.1. The van der Waals surface area contributed by atoms with Gasteiger partial charge in [0.05, 0.1) is 19.6 Å². The van der Waals surface area contributed by atoms with Crippen molar-refractivity contribution in [2.45, 2.75) is 31.8 Å². The third-order valence-corrected chi connectivity index (χ3v) is 3.55. The topological polar surface area (TPSA) is 75.6 Å². The summed E-state index contributed by atoms with van der Waals surface area (Å²) >= 11 is 1.47. The first kappa shape index (κ1) is 14.7. The van der Waals surface area contributed by atoms with Crippen LogP contribution in [-0.2, 0) is 14.3 Å². The molecule has 1 heterocycles. The van der Waals surface area contributed by atoms with Gasteiger partial charge in [-0.25, -0.2) is 0 Å². The molecule has 0 aliphatic carbocycles. The summed E-state index contributed by atoms with van der Waals surface area (Å²) in [6, 6.07) is 2.86. The molecule has 0 radical (unpaired) electrons. The van der Waals surface area contributed by atoms with E-state index in [0.29, 0.717) is 6.42 Å². The average molecular weight is 271 g/mol. The molecule has 2 atom stereocenters. The number of ether oxygens (including phenoxy) is 1. The van der Waals surface area contributed by atoms with Crippen LogP contribution in [0.15, 0.2) is 17.5 Å². The average Bonchev–Trinajstić information content (AvgIpc) is 2.86. The maximum atomic E-state index is 11.5. The van der Waals surface area contributed by atoms with Gasteiger partial charge in [0, 0.05) is 4.88 Å². The van der Waals surface area contributed by atoms with Crippen molar-refractivity contribution in [2.24, 2.45) is 0 Å². The molecule has 0 fully saturated rings. The highest BCUT2D eigenvalue weighted by Gasteiger charge is 2.24. The number of esters is 1. The van der Waals surface area contributed by atoms with Crippen LogP contribution in [0, 0.1) is 0 Å². The molecule has 0 aromatic carbocycles. The second-order valence-corrected chi connectivity index (χ2v) is 4.80. The number of carboxylic acid groups (broad SMARTS) is 1. The highest BCUT2D eigenvalue weighted by Crippen LogP contribution is 2.23. The minimum Gasteiger partial charge on any atom is -0.481 e. The molecule has 0 aliphatic rings. The van der Waals surface area contributed by atoms with Crippen molar-refractivity contribution in [1.29, 1.82) is 0 Å². The van der Waals surface area contributed by atoms with Gasteiger partial charge in [0.2, 0.25) is 0 Å². The van der Waals surface area contributed by atoms with Crippen LogP contribution in [0.3, 0.4) is 0 Å². The molecule has 0 bridgehead atoms. The zero-order valence-corrected chi connectivity index (χ0v) is 11.2. The van der Waals surface area contributed by atoms with Crippen LogP contribution in [0.1, 0.15) is 30.7 Å². The predicted molar refractivity (Wildman–Crippen MR) is 68.5 cm³/mol. The Labute approximate surface area is 110 Å². The normalized spacial score (nSPS) is 13.9. The van der Waals surface area contributed by atoms with Gasteiger partial charge >= 0.3 is 11.9 Å². The molecule has 1 aromatic rings. The van der Waals surface area contributed by atoms with Gasteiger partial charge in [-0.1, -0.05) is 13.0 Å². The molecule has 0 spiro atoms. The molecule has 0 amide bonds.